The van der Waals surface area contributed by atoms with Gasteiger partial charge < -0.3 is 10.4 Å². The predicted molar refractivity (Wildman–Crippen MR) is 74.8 cm³/mol. The molecule has 2 rings (SSSR count). The van der Waals surface area contributed by atoms with E-state index < -0.39 is 10.5 Å². The molecule has 1 heterocycles. The Balaban J connectivity index is 2.11. The first kappa shape index (κ1) is 14.9. The van der Waals surface area contributed by atoms with Gasteiger partial charge in [0.15, 0.2) is 0 Å². The van der Waals surface area contributed by atoms with Crippen molar-refractivity contribution in [3.05, 3.63) is 21.6 Å². The van der Waals surface area contributed by atoms with Crippen molar-refractivity contribution >= 4 is 23.1 Å². The van der Waals surface area contributed by atoms with Crippen LogP contribution in [-0.4, -0.2) is 32.1 Å². The molecule has 2 unspecified atom stereocenters. The third kappa shape index (κ3) is 3.34. The molecule has 0 spiro atoms. The van der Waals surface area contributed by atoms with Crippen molar-refractivity contribution in [1.29, 1.82) is 0 Å². The van der Waals surface area contributed by atoms with Gasteiger partial charge in [0.1, 0.15) is 6.33 Å². The van der Waals surface area contributed by atoms with E-state index in [1.807, 2.05) is 0 Å². The summed E-state index contributed by atoms with van der Waals surface area (Å²) in [5.74, 6) is 0.487. The predicted octanol–water partition coefficient (Wildman–Crippen LogP) is 2.39. The van der Waals surface area contributed by atoms with Gasteiger partial charge in [0.2, 0.25) is 11.0 Å². The maximum Gasteiger partial charge on any atom is 0.348 e. The zero-order chi connectivity index (χ0) is 14.8. The molecule has 0 radical (unpaired) electrons. The van der Waals surface area contributed by atoms with Crippen LogP contribution < -0.4 is 5.32 Å². The van der Waals surface area contributed by atoms with E-state index in [2.05, 4.69) is 22.2 Å². The monoisotopic (exact) mass is 300 g/mol. The van der Waals surface area contributed by atoms with E-state index >= 15 is 0 Å². The number of hydrogen-bond acceptors (Lipinski definition) is 6. The minimum Gasteiger partial charge on any atom is -0.388 e. The van der Waals surface area contributed by atoms with Crippen LogP contribution in [0.5, 0.6) is 0 Å². The summed E-state index contributed by atoms with van der Waals surface area (Å²) < 4.78 is 0. The Bertz CT molecular complexity index is 513. The molecule has 7 nitrogen and oxygen atoms in total. The van der Waals surface area contributed by atoms with Crippen LogP contribution in [0.4, 0.5) is 11.5 Å². The van der Waals surface area contributed by atoms with Crippen molar-refractivity contribution < 1.29 is 10.0 Å². The Morgan fingerprint density at radius 2 is 2.40 bits per heavy atom. The first-order chi connectivity index (χ1) is 9.41. The van der Waals surface area contributed by atoms with E-state index in [0.717, 1.165) is 19.2 Å². The summed E-state index contributed by atoms with van der Waals surface area (Å²) in [6.45, 7) is 2.31. The largest absolute Gasteiger partial charge is 0.388 e. The summed E-state index contributed by atoms with van der Waals surface area (Å²) in [6, 6.07) is 0. The zero-order valence-electron chi connectivity index (χ0n) is 11.2. The van der Waals surface area contributed by atoms with Crippen LogP contribution in [0, 0.1) is 16.0 Å². The van der Waals surface area contributed by atoms with Gasteiger partial charge in [0.05, 0.1) is 10.5 Å². The smallest absolute Gasteiger partial charge is 0.348 e. The molecule has 1 aliphatic rings. The maximum absolute atomic E-state index is 11.0. The lowest BCUT2D eigenvalue weighted by Gasteiger charge is -2.35. The molecule has 2 N–H and O–H groups in total. The average molecular weight is 301 g/mol. The lowest BCUT2D eigenvalue weighted by molar-refractivity contribution is -0.384. The second kappa shape index (κ2) is 5.88. The number of nitrogens with one attached hydrogen (secondary N) is 1. The lowest BCUT2D eigenvalue weighted by atomic mass is 9.79. The third-order valence-electron chi connectivity index (χ3n) is 3.61. The summed E-state index contributed by atoms with van der Waals surface area (Å²) >= 11 is 5.71. The topological polar surface area (TPSA) is 101 Å². The summed E-state index contributed by atoms with van der Waals surface area (Å²) in [7, 11) is 0. The van der Waals surface area contributed by atoms with Crippen LogP contribution in [0.15, 0.2) is 6.33 Å². The molecule has 1 saturated carbocycles. The van der Waals surface area contributed by atoms with E-state index in [1.54, 1.807) is 0 Å². The summed E-state index contributed by atoms with van der Waals surface area (Å²) in [4.78, 5) is 17.8. The van der Waals surface area contributed by atoms with Gasteiger partial charge >= 0.3 is 5.69 Å². The Labute approximate surface area is 121 Å². The van der Waals surface area contributed by atoms with Crippen LogP contribution in [0.2, 0.25) is 5.15 Å². The number of aliphatic hydroxyl groups is 1. The molecule has 0 aliphatic heterocycles. The summed E-state index contributed by atoms with van der Waals surface area (Å²) in [5.41, 5.74) is -1.22. The van der Waals surface area contributed by atoms with Crippen LogP contribution in [-0.2, 0) is 0 Å². The quantitative estimate of drug-likeness (QED) is 0.503. The highest BCUT2D eigenvalue weighted by atomic mass is 35.5. The van der Waals surface area contributed by atoms with Crippen LogP contribution in [0.25, 0.3) is 0 Å². The molecule has 1 aliphatic carbocycles. The molecule has 0 amide bonds. The van der Waals surface area contributed by atoms with Gasteiger partial charge in [-0.05, 0) is 18.8 Å². The second-order valence-electron chi connectivity index (χ2n) is 5.40. The van der Waals surface area contributed by atoms with Gasteiger partial charge in [-0.15, -0.1) is 0 Å². The van der Waals surface area contributed by atoms with E-state index in [9.17, 15) is 15.2 Å². The molecular weight excluding hydrogens is 284 g/mol. The van der Waals surface area contributed by atoms with E-state index in [1.165, 1.54) is 0 Å². The summed E-state index contributed by atoms with van der Waals surface area (Å²) in [6.07, 6.45) is 4.56. The van der Waals surface area contributed by atoms with Gasteiger partial charge in [-0.25, -0.2) is 9.97 Å². The van der Waals surface area contributed by atoms with Crippen molar-refractivity contribution in [2.24, 2.45) is 5.92 Å². The fourth-order valence-electron chi connectivity index (χ4n) is 2.69. The number of halogens is 1. The molecule has 2 atom stereocenters. The Morgan fingerprint density at radius 1 is 1.65 bits per heavy atom. The molecule has 1 aromatic heterocycles. The van der Waals surface area contributed by atoms with E-state index in [4.69, 9.17) is 11.6 Å². The molecule has 110 valence electrons. The molecule has 1 fully saturated rings. The fourth-order valence-corrected chi connectivity index (χ4v) is 2.89. The van der Waals surface area contributed by atoms with Crippen molar-refractivity contribution in [2.45, 2.75) is 38.2 Å². The van der Waals surface area contributed by atoms with Crippen molar-refractivity contribution in [3.63, 3.8) is 0 Å². The van der Waals surface area contributed by atoms with Gasteiger partial charge in [0.25, 0.3) is 0 Å². The highest BCUT2D eigenvalue weighted by Crippen LogP contribution is 2.34. The Morgan fingerprint density at radius 3 is 3.05 bits per heavy atom. The average Bonchev–Trinajstić information content (AvgIpc) is 2.35. The number of anilines is 1. The molecule has 8 heteroatoms. The van der Waals surface area contributed by atoms with Gasteiger partial charge in [-0.3, -0.25) is 10.1 Å². The van der Waals surface area contributed by atoms with E-state index in [0.29, 0.717) is 18.8 Å². The third-order valence-corrected chi connectivity index (χ3v) is 3.89. The molecule has 20 heavy (non-hydrogen) atoms. The van der Waals surface area contributed by atoms with Gasteiger partial charge in [-0.1, -0.05) is 31.4 Å². The lowest BCUT2D eigenvalue weighted by Crippen LogP contribution is -2.41. The standard InChI is InChI=1S/C12H17ClN4O3/c1-8-3-2-4-12(18,5-8)6-14-11-9(17(19)20)10(13)15-7-16-11/h7-8,18H,2-6H2,1H3,(H,14,15,16). The number of nitrogens with zero attached hydrogens (tertiary/aromatic N) is 3. The van der Waals surface area contributed by atoms with Gasteiger partial charge in [-0.2, -0.15) is 0 Å². The first-order valence-electron chi connectivity index (χ1n) is 6.52. The fraction of sp³-hybridized carbons (Fsp3) is 0.667. The van der Waals surface area contributed by atoms with Crippen LogP contribution in [0.1, 0.15) is 32.6 Å². The molecule has 0 saturated heterocycles. The SMILES string of the molecule is CC1CCCC(O)(CNc2ncnc(Cl)c2[N+](=O)[O-])C1. The molecule has 0 aromatic carbocycles. The molecular formula is C12H17ClN4O3. The number of hydrogen-bond donors (Lipinski definition) is 2. The minimum absolute atomic E-state index is 0.0432. The zero-order valence-corrected chi connectivity index (χ0v) is 11.9. The highest BCUT2D eigenvalue weighted by molar-refractivity contribution is 6.31. The normalized spacial score (nSPS) is 26.2. The number of rotatable bonds is 4. The Hall–Kier alpha value is -1.47. The number of aromatic nitrogens is 2. The maximum atomic E-state index is 11.0. The number of nitro groups is 1. The van der Waals surface area contributed by atoms with Crippen LogP contribution >= 0.6 is 11.6 Å². The molecule has 1 aromatic rings. The highest BCUT2D eigenvalue weighted by Gasteiger charge is 2.33. The molecule has 0 bridgehead atoms. The van der Waals surface area contributed by atoms with Crippen molar-refractivity contribution in [2.75, 3.05) is 11.9 Å². The minimum atomic E-state index is -0.858. The van der Waals surface area contributed by atoms with E-state index in [-0.39, 0.29) is 23.2 Å². The Kier molecular flexibility index (Phi) is 4.39. The summed E-state index contributed by atoms with van der Waals surface area (Å²) in [5, 5.41) is 24.1. The second-order valence-corrected chi connectivity index (χ2v) is 5.76. The van der Waals surface area contributed by atoms with Crippen molar-refractivity contribution in [1.82, 2.24) is 9.97 Å². The van der Waals surface area contributed by atoms with Crippen molar-refractivity contribution in [3.8, 4) is 0 Å². The first-order valence-corrected chi connectivity index (χ1v) is 6.90. The van der Waals surface area contributed by atoms with Gasteiger partial charge in [0, 0.05) is 6.54 Å². The van der Waals surface area contributed by atoms with Crippen LogP contribution in [0.3, 0.4) is 0 Å².